The van der Waals surface area contributed by atoms with E-state index in [1.807, 2.05) is 18.2 Å². The van der Waals surface area contributed by atoms with Gasteiger partial charge in [0.25, 0.3) is 0 Å². The van der Waals surface area contributed by atoms with E-state index in [1.54, 1.807) is 11.3 Å². The number of nitrogens with one attached hydrogen (secondary N) is 1. The van der Waals surface area contributed by atoms with Crippen molar-refractivity contribution in [2.45, 2.75) is 20.0 Å². The van der Waals surface area contributed by atoms with Gasteiger partial charge in [-0.05, 0) is 29.3 Å². The van der Waals surface area contributed by atoms with E-state index in [2.05, 4.69) is 46.9 Å². The molecule has 124 valence electrons. The quantitative estimate of drug-likeness (QED) is 0.548. The lowest BCUT2D eigenvalue weighted by molar-refractivity contribution is 0.0945. The van der Waals surface area contributed by atoms with Gasteiger partial charge < -0.3 is 15.8 Å². The maximum Gasteiger partial charge on any atom is 0.188 e. The van der Waals surface area contributed by atoms with Crippen LogP contribution in [0.5, 0.6) is 0 Å². The Bertz CT molecular complexity index is 569. The SMILES string of the molecule is CC(CN=C(N)NCCc1cccs1)COCc1ccccc1. The van der Waals surface area contributed by atoms with Crippen LogP contribution in [0.1, 0.15) is 17.4 Å². The van der Waals surface area contributed by atoms with E-state index in [0.717, 1.165) is 13.0 Å². The van der Waals surface area contributed by atoms with Gasteiger partial charge in [-0.3, -0.25) is 4.99 Å². The van der Waals surface area contributed by atoms with E-state index in [-0.39, 0.29) is 0 Å². The fraction of sp³-hybridized carbons (Fsp3) is 0.389. The Morgan fingerprint density at radius 2 is 2.09 bits per heavy atom. The number of nitrogens with two attached hydrogens (primary N) is 1. The van der Waals surface area contributed by atoms with E-state index in [4.69, 9.17) is 10.5 Å². The topological polar surface area (TPSA) is 59.6 Å². The second-order valence-corrected chi connectivity index (χ2v) is 6.62. The molecule has 0 aliphatic rings. The van der Waals surface area contributed by atoms with Crippen LogP contribution in [0, 0.1) is 5.92 Å². The van der Waals surface area contributed by atoms with Crippen molar-refractivity contribution in [3.05, 3.63) is 58.3 Å². The minimum Gasteiger partial charge on any atom is -0.376 e. The lowest BCUT2D eigenvalue weighted by Crippen LogP contribution is -2.33. The predicted molar refractivity (Wildman–Crippen MR) is 97.8 cm³/mol. The fourth-order valence-electron chi connectivity index (χ4n) is 2.08. The maximum absolute atomic E-state index is 5.88. The highest BCUT2D eigenvalue weighted by molar-refractivity contribution is 7.09. The van der Waals surface area contributed by atoms with Gasteiger partial charge in [0.05, 0.1) is 13.2 Å². The van der Waals surface area contributed by atoms with Gasteiger partial charge in [-0.2, -0.15) is 0 Å². The summed E-state index contributed by atoms with van der Waals surface area (Å²) >= 11 is 1.76. The minimum absolute atomic E-state index is 0.344. The summed E-state index contributed by atoms with van der Waals surface area (Å²) < 4.78 is 5.71. The lowest BCUT2D eigenvalue weighted by Gasteiger charge is -2.11. The molecule has 2 rings (SSSR count). The van der Waals surface area contributed by atoms with Crippen molar-refractivity contribution >= 4 is 17.3 Å². The van der Waals surface area contributed by atoms with Crippen LogP contribution in [0.25, 0.3) is 0 Å². The maximum atomic E-state index is 5.88. The lowest BCUT2D eigenvalue weighted by atomic mass is 10.2. The van der Waals surface area contributed by atoms with Crippen LogP contribution >= 0.6 is 11.3 Å². The smallest absolute Gasteiger partial charge is 0.188 e. The first-order chi connectivity index (χ1) is 11.2. The van der Waals surface area contributed by atoms with Gasteiger partial charge in [0.2, 0.25) is 0 Å². The molecule has 0 saturated carbocycles. The Hall–Kier alpha value is -1.85. The van der Waals surface area contributed by atoms with Gasteiger partial charge in [-0.25, -0.2) is 0 Å². The van der Waals surface area contributed by atoms with Crippen molar-refractivity contribution in [1.29, 1.82) is 0 Å². The van der Waals surface area contributed by atoms with Gasteiger partial charge in [0.15, 0.2) is 5.96 Å². The summed E-state index contributed by atoms with van der Waals surface area (Å²) in [5, 5.41) is 5.24. The highest BCUT2D eigenvalue weighted by Gasteiger charge is 2.02. The minimum atomic E-state index is 0.344. The van der Waals surface area contributed by atoms with E-state index in [1.165, 1.54) is 10.4 Å². The van der Waals surface area contributed by atoms with E-state index < -0.39 is 0 Å². The standard InChI is InChI=1S/C18H25N3OS/c1-15(13-22-14-16-6-3-2-4-7-16)12-21-18(19)20-10-9-17-8-5-11-23-17/h2-8,11,15H,9-10,12-14H2,1H3,(H3,19,20,21). The molecule has 1 atom stereocenters. The highest BCUT2D eigenvalue weighted by atomic mass is 32.1. The Kier molecular flexibility index (Phi) is 7.63. The van der Waals surface area contributed by atoms with Crippen LogP contribution in [0.3, 0.4) is 0 Å². The molecule has 3 N–H and O–H groups in total. The molecule has 1 unspecified atom stereocenters. The second-order valence-electron chi connectivity index (χ2n) is 5.59. The number of ether oxygens (including phenoxy) is 1. The van der Waals surface area contributed by atoms with E-state index >= 15 is 0 Å². The van der Waals surface area contributed by atoms with Crippen molar-refractivity contribution in [1.82, 2.24) is 5.32 Å². The highest BCUT2D eigenvalue weighted by Crippen LogP contribution is 2.08. The molecule has 5 heteroatoms. The molecule has 23 heavy (non-hydrogen) atoms. The Balaban J connectivity index is 1.57. The van der Waals surface area contributed by atoms with Crippen LogP contribution in [0.4, 0.5) is 0 Å². The zero-order valence-electron chi connectivity index (χ0n) is 13.6. The van der Waals surface area contributed by atoms with Gasteiger partial charge in [-0.15, -0.1) is 11.3 Å². The summed E-state index contributed by atoms with van der Waals surface area (Å²) in [6, 6.07) is 14.4. The number of rotatable bonds is 9. The molecule has 0 aliphatic carbocycles. The first kappa shape index (κ1) is 17.5. The molecule has 2 aromatic rings. The number of hydrogen-bond acceptors (Lipinski definition) is 3. The van der Waals surface area contributed by atoms with Crippen molar-refractivity contribution in [2.24, 2.45) is 16.6 Å². The molecule has 0 spiro atoms. The number of benzene rings is 1. The molecule has 1 aromatic heterocycles. The average Bonchev–Trinajstić information content (AvgIpc) is 3.07. The van der Waals surface area contributed by atoms with Gasteiger partial charge in [0, 0.05) is 18.0 Å². The van der Waals surface area contributed by atoms with Crippen LogP contribution in [-0.2, 0) is 17.8 Å². The summed E-state index contributed by atoms with van der Waals surface area (Å²) in [4.78, 5) is 5.73. The second kappa shape index (κ2) is 10.0. The normalized spacial score (nSPS) is 13.0. The molecular formula is C18H25N3OS. The molecule has 4 nitrogen and oxygen atoms in total. The van der Waals surface area contributed by atoms with Crippen LogP contribution < -0.4 is 11.1 Å². The average molecular weight is 331 g/mol. The van der Waals surface area contributed by atoms with Crippen molar-refractivity contribution in [3.8, 4) is 0 Å². The number of aliphatic imine (C=N–C) groups is 1. The monoisotopic (exact) mass is 331 g/mol. The van der Waals surface area contributed by atoms with Gasteiger partial charge in [0.1, 0.15) is 0 Å². The van der Waals surface area contributed by atoms with E-state index in [0.29, 0.717) is 31.6 Å². The third kappa shape index (κ3) is 7.30. The first-order valence-electron chi connectivity index (χ1n) is 7.92. The van der Waals surface area contributed by atoms with Crippen molar-refractivity contribution < 1.29 is 4.74 Å². The summed E-state index contributed by atoms with van der Waals surface area (Å²) in [6.45, 7) is 4.93. The summed E-state index contributed by atoms with van der Waals surface area (Å²) in [6.07, 6.45) is 0.976. The number of thiophene rings is 1. The molecule has 0 bridgehead atoms. The Morgan fingerprint density at radius 1 is 1.26 bits per heavy atom. The zero-order chi connectivity index (χ0) is 16.3. The molecule has 1 aromatic carbocycles. The summed E-state index contributed by atoms with van der Waals surface area (Å²) in [7, 11) is 0. The Labute approximate surface area is 142 Å². The van der Waals surface area contributed by atoms with Crippen LogP contribution in [0.15, 0.2) is 52.8 Å². The van der Waals surface area contributed by atoms with E-state index in [9.17, 15) is 0 Å². The molecule has 0 aliphatic heterocycles. The summed E-state index contributed by atoms with van der Waals surface area (Å²) in [5.74, 6) is 0.854. The predicted octanol–water partition coefficient (Wildman–Crippen LogP) is 3.05. The first-order valence-corrected chi connectivity index (χ1v) is 8.80. The Morgan fingerprint density at radius 3 is 2.83 bits per heavy atom. The third-order valence-electron chi connectivity index (χ3n) is 3.34. The molecule has 0 amide bonds. The fourth-order valence-corrected chi connectivity index (χ4v) is 2.79. The zero-order valence-corrected chi connectivity index (χ0v) is 14.4. The third-order valence-corrected chi connectivity index (χ3v) is 4.28. The van der Waals surface area contributed by atoms with Gasteiger partial charge in [-0.1, -0.05) is 43.3 Å². The molecule has 0 fully saturated rings. The number of nitrogens with zero attached hydrogens (tertiary/aromatic N) is 1. The van der Waals surface area contributed by atoms with Crippen molar-refractivity contribution in [3.63, 3.8) is 0 Å². The molecule has 1 heterocycles. The van der Waals surface area contributed by atoms with Crippen LogP contribution in [-0.4, -0.2) is 25.7 Å². The van der Waals surface area contributed by atoms with Gasteiger partial charge >= 0.3 is 0 Å². The van der Waals surface area contributed by atoms with Crippen LogP contribution in [0.2, 0.25) is 0 Å². The van der Waals surface area contributed by atoms with Crippen molar-refractivity contribution in [2.75, 3.05) is 19.7 Å². The molecule has 0 saturated heterocycles. The number of hydrogen-bond donors (Lipinski definition) is 2. The summed E-state index contributed by atoms with van der Waals surface area (Å²) in [5.41, 5.74) is 7.08. The molecular weight excluding hydrogens is 306 g/mol. The molecule has 0 radical (unpaired) electrons. The largest absolute Gasteiger partial charge is 0.376 e. The number of guanidine groups is 1.